The van der Waals surface area contributed by atoms with E-state index in [9.17, 15) is 10.1 Å². The van der Waals surface area contributed by atoms with Gasteiger partial charge in [-0.05, 0) is 30.9 Å². The van der Waals surface area contributed by atoms with E-state index >= 15 is 0 Å². The van der Waals surface area contributed by atoms with E-state index in [1.165, 1.54) is 6.07 Å². The quantitative estimate of drug-likeness (QED) is 0.634. The second-order valence-electron chi connectivity index (χ2n) is 5.83. The molecule has 0 aliphatic carbocycles. The van der Waals surface area contributed by atoms with Crippen molar-refractivity contribution in [2.45, 2.75) is 40.2 Å². The van der Waals surface area contributed by atoms with Crippen LogP contribution in [0.3, 0.4) is 0 Å². The Hall–Kier alpha value is -1.62. The van der Waals surface area contributed by atoms with E-state index in [1.807, 2.05) is 0 Å². The van der Waals surface area contributed by atoms with Crippen molar-refractivity contribution in [3.8, 4) is 0 Å². The first kappa shape index (κ1) is 15.4. The normalized spacial score (nSPS) is 13.1. The predicted octanol–water partition coefficient (Wildman–Crippen LogP) is 3.11. The summed E-state index contributed by atoms with van der Waals surface area (Å²) in [5, 5.41) is 23.2. The number of rotatable bonds is 5. The van der Waals surface area contributed by atoms with Gasteiger partial charge in [0.15, 0.2) is 0 Å². The number of nitro benzene ring substituents is 1. The predicted molar refractivity (Wildman–Crippen MR) is 76.4 cm³/mol. The highest BCUT2D eigenvalue weighted by atomic mass is 16.6. The first-order valence-electron chi connectivity index (χ1n) is 6.38. The van der Waals surface area contributed by atoms with E-state index in [0.717, 1.165) is 5.69 Å². The molecule has 1 atom stereocenters. The van der Waals surface area contributed by atoms with Crippen LogP contribution in [0.15, 0.2) is 18.2 Å². The summed E-state index contributed by atoms with van der Waals surface area (Å²) in [5.41, 5.74) is 1.60. The Kier molecular flexibility index (Phi) is 4.89. The summed E-state index contributed by atoms with van der Waals surface area (Å²) in [6.45, 7) is 8.12. The molecule has 0 aliphatic heterocycles. The van der Waals surface area contributed by atoms with E-state index in [0.29, 0.717) is 12.0 Å². The number of anilines is 1. The molecule has 5 nitrogen and oxygen atoms in total. The van der Waals surface area contributed by atoms with Gasteiger partial charge in [0.25, 0.3) is 5.69 Å². The molecule has 5 heteroatoms. The fourth-order valence-electron chi connectivity index (χ4n) is 2.00. The summed E-state index contributed by atoms with van der Waals surface area (Å²) in [6, 6.07) is 5.10. The van der Waals surface area contributed by atoms with Crippen molar-refractivity contribution < 1.29 is 10.0 Å². The second kappa shape index (κ2) is 6.02. The Morgan fingerprint density at radius 1 is 1.42 bits per heavy atom. The Balaban J connectivity index is 2.92. The molecule has 0 saturated carbocycles. The molecule has 0 aliphatic rings. The van der Waals surface area contributed by atoms with Crippen molar-refractivity contribution in [1.29, 1.82) is 0 Å². The van der Waals surface area contributed by atoms with Crippen LogP contribution in [0.4, 0.5) is 11.4 Å². The molecule has 19 heavy (non-hydrogen) atoms. The van der Waals surface area contributed by atoms with Gasteiger partial charge in [-0.3, -0.25) is 10.1 Å². The second-order valence-corrected chi connectivity index (χ2v) is 5.83. The molecule has 2 N–H and O–H groups in total. The lowest BCUT2D eigenvalue weighted by Gasteiger charge is -2.32. The van der Waals surface area contributed by atoms with Crippen LogP contribution >= 0.6 is 0 Å². The molecule has 0 fully saturated rings. The fraction of sp³-hybridized carbons (Fsp3) is 0.571. The number of hydrogen-bond acceptors (Lipinski definition) is 4. The average molecular weight is 266 g/mol. The number of hydrogen-bond donors (Lipinski definition) is 2. The van der Waals surface area contributed by atoms with E-state index in [4.69, 9.17) is 5.11 Å². The van der Waals surface area contributed by atoms with Gasteiger partial charge in [-0.2, -0.15) is 0 Å². The van der Waals surface area contributed by atoms with Crippen LogP contribution in [0.5, 0.6) is 0 Å². The van der Waals surface area contributed by atoms with Gasteiger partial charge in [-0.25, -0.2) is 0 Å². The zero-order valence-electron chi connectivity index (χ0n) is 11.9. The highest BCUT2D eigenvalue weighted by molar-refractivity contribution is 5.54. The van der Waals surface area contributed by atoms with Crippen LogP contribution < -0.4 is 5.32 Å². The number of aryl methyl sites for hydroxylation is 1. The van der Waals surface area contributed by atoms with Gasteiger partial charge in [-0.15, -0.1) is 0 Å². The molecular formula is C14H22N2O3. The van der Waals surface area contributed by atoms with Crippen molar-refractivity contribution in [2.24, 2.45) is 5.41 Å². The van der Waals surface area contributed by atoms with E-state index in [-0.39, 0.29) is 28.7 Å². The first-order valence-corrected chi connectivity index (χ1v) is 6.38. The van der Waals surface area contributed by atoms with Crippen molar-refractivity contribution >= 4 is 11.4 Å². The highest BCUT2D eigenvalue weighted by Crippen LogP contribution is 2.27. The molecule has 0 amide bonds. The molecule has 0 heterocycles. The third kappa shape index (κ3) is 4.21. The van der Waals surface area contributed by atoms with Gasteiger partial charge in [0, 0.05) is 30.0 Å². The Labute approximate surface area is 113 Å². The lowest BCUT2D eigenvalue weighted by molar-refractivity contribution is -0.385. The maximum absolute atomic E-state index is 10.8. The molecule has 1 unspecified atom stereocenters. The number of aliphatic hydroxyl groups is 1. The Bertz CT molecular complexity index is 452. The van der Waals surface area contributed by atoms with Crippen molar-refractivity contribution in [1.82, 2.24) is 0 Å². The summed E-state index contributed by atoms with van der Waals surface area (Å²) in [4.78, 5) is 10.4. The third-order valence-electron chi connectivity index (χ3n) is 3.20. The van der Waals surface area contributed by atoms with Gasteiger partial charge in [0.1, 0.15) is 0 Å². The molecule has 0 radical (unpaired) electrons. The zero-order valence-corrected chi connectivity index (χ0v) is 11.9. The molecule has 106 valence electrons. The standard InChI is InChI=1S/C14H22N2O3/c1-10-9-11(5-6-12(10)16(18)19)15-13(7-8-17)14(2,3)4/h5-6,9,13,15,17H,7-8H2,1-4H3. The molecule has 0 spiro atoms. The number of nitrogens with one attached hydrogen (secondary N) is 1. The number of benzene rings is 1. The molecule has 0 bridgehead atoms. The van der Waals surface area contributed by atoms with E-state index in [2.05, 4.69) is 26.1 Å². The van der Waals surface area contributed by atoms with Crippen LogP contribution in [-0.4, -0.2) is 22.7 Å². The Morgan fingerprint density at radius 2 is 2.05 bits per heavy atom. The lowest BCUT2D eigenvalue weighted by Crippen LogP contribution is -2.34. The molecule has 1 aromatic rings. The van der Waals surface area contributed by atoms with Gasteiger partial charge >= 0.3 is 0 Å². The molecule has 1 aromatic carbocycles. The fourth-order valence-corrected chi connectivity index (χ4v) is 2.00. The topological polar surface area (TPSA) is 75.4 Å². The van der Waals surface area contributed by atoms with Gasteiger partial charge < -0.3 is 10.4 Å². The minimum atomic E-state index is -0.381. The number of nitrogens with zero attached hydrogens (tertiary/aromatic N) is 1. The molecule has 0 aromatic heterocycles. The average Bonchev–Trinajstić information content (AvgIpc) is 2.26. The summed E-state index contributed by atoms with van der Waals surface area (Å²) in [5.74, 6) is 0. The van der Waals surface area contributed by atoms with Crippen LogP contribution in [0.1, 0.15) is 32.8 Å². The minimum absolute atomic E-state index is 0.00158. The lowest BCUT2D eigenvalue weighted by atomic mass is 9.84. The maximum Gasteiger partial charge on any atom is 0.272 e. The maximum atomic E-state index is 10.8. The van der Waals surface area contributed by atoms with Crippen molar-refractivity contribution in [2.75, 3.05) is 11.9 Å². The molecule has 1 rings (SSSR count). The largest absolute Gasteiger partial charge is 0.396 e. The van der Waals surface area contributed by atoms with Crippen LogP contribution in [0, 0.1) is 22.5 Å². The van der Waals surface area contributed by atoms with Crippen molar-refractivity contribution in [3.63, 3.8) is 0 Å². The summed E-state index contributed by atoms with van der Waals surface area (Å²) in [7, 11) is 0. The smallest absolute Gasteiger partial charge is 0.272 e. The summed E-state index contributed by atoms with van der Waals surface area (Å²) >= 11 is 0. The SMILES string of the molecule is Cc1cc(NC(CCO)C(C)(C)C)ccc1[N+](=O)[O-]. The molecule has 0 saturated heterocycles. The van der Waals surface area contributed by atoms with E-state index < -0.39 is 0 Å². The van der Waals surface area contributed by atoms with Crippen LogP contribution in [0.25, 0.3) is 0 Å². The van der Waals surface area contributed by atoms with Gasteiger partial charge in [0.2, 0.25) is 0 Å². The van der Waals surface area contributed by atoms with Gasteiger partial charge in [0.05, 0.1) is 4.92 Å². The minimum Gasteiger partial charge on any atom is -0.396 e. The number of nitro groups is 1. The zero-order chi connectivity index (χ0) is 14.6. The van der Waals surface area contributed by atoms with Crippen molar-refractivity contribution in [3.05, 3.63) is 33.9 Å². The number of aliphatic hydroxyl groups excluding tert-OH is 1. The summed E-state index contributed by atoms with van der Waals surface area (Å²) in [6.07, 6.45) is 0.638. The van der Waals surface area contributed by atoms with Gasteiger partial charge in [-0.1, -0.05) is 20.8 Å². The summed E-state index contributed by atoms with van der Waals surface area (Å²) < 4.78 is 0. The van der Waals surface area contributed by atoms with Crippen LogP contribution in [-0.2, 0) is 0 Å². The van der Waals surface area contributed by atoms with Crippen LogP contribution in [0.2, 0.25) is 0 Å². The molecular weight excluding hydrogens is 244 g/mol. The Morgan fingerprint density at radius 3 is 2.47 bits per heavy atom. The highest BCUT2D eigenvalue weighted by Gasteiger charge is 2.24. The third-order valence-corrected chi connectivity index (χ3v) is 3.20. The monoisotopic (exact) mass is 266 g/mol. The first-order chi connectivity index (χ1) is 8.75. The van der Waals surface area contributed by atoms with E-state index in [1.54, 1.807) is 19.1 Å².